The summed E-state index contributed by atoms with van der Waals surface area (Å²) in [7, 11) is 0. The van der Waals surface area contributed by atoms with Gasteiger partial charge in [-0.1, -0.05) is 63.1 Å². The van der Waals surface area contributed by atoms with E-state index in [0.717, 1.165) is 30.4 Å². The molecule has 0 spiro atoms. The lowest BCUT2D eigenvalue weighted by atomic mass is 9.79. The largest absolute Gasteiger partial charge is 0.444 e. The Labute approximate surface area is 249 Å². The van der Waals surface area contributed by atoms with Crippen LogP contribution in [0, 0.1) is 11.3 Å². The molecule has 0 unspecified atom stereocenters. The molecule has 1 N–H and O–H groups in total. The molecule has 232 valence electrons. The quantitative estimate of drug-likeness (QED) is 0.173. The number of rotatable bonds is 15. The predicted octanol–water partition coefficient (Wildman–Crippen LogP) is 7.64. The van der Waals surface area contributed by atoms with E-state index < -0.39 is 17.4 Å². The van der Waals surface area contributed by atoms with Crippen molar-refractivity contribution >= 4 is 12.0 Å². The molecule has 41 heavy (non-hydrogen) atoms. The fourth-order valence-electron chi connectivity index (χ4n) is 5.46. The van der Waals surface area contributed by atoms with E-state index in [1.54, 1.807) is 4.90 Å². The van der Waals surface area contributed by atoms with Crippen LogP contribution < -0.4 is 5.32 Å². The van der Waals surface area contributed by atoms with Crippen molar-refractivity contribution in [2.45, 2.75) is 131 Å². The number of hydrogen-bond acceptors (Lipinski definition) is 5. The zero-order valence-electron chi connectivity index (χ0n) is 27.2. The molecule has 1 fully saturated rings. The van der Waals surface area contributed by atoms with Gasteiger partial charge in [-0.15, -0.1) is 6.58 Å². The standard InChI is InChI=1S/C34H56N2O5/c1-11-12-19-35-30(37)27(21-25(2)3)22-29-28(36(34(9,10)40-29)31(38)41-32(4,5)6)23-33(7,8)18-20-39-24-26-16-14-13-15-17-26/h13-17,27-29H,2,11-12,18-24H2,1,3-10H3,(H,35,37)/t27-,28+,29+/m1/s1. The Morgan fingerprint density at radius 2 is 1.80 bits per heavy atom. The highest BCUT2D eigenvalue weighted by atomic mass is 16.6. The molecule has 0 aliphatic carbocycles. The third-order valence-electron chi connectivity index (χ3n) is 7.48. The van der Waals surface area contributed by atoms with Crippen molar-refractivity contribution in [2.24, 2.45) is 11.3 Å². The maximum absolute atomic E-state index is 13.6. The molecule has 0 bridgehead atoms. The molecule has 2 rings (SSSR count). The first-order valence-corrected chi connectivity index (χ1v) is 15.3. The number of carbonyl (C=O) groups is 2. The summed E-state index contributed by atoms with van der Waals surface area (Å²) < 4.78 is 18.5. The van der Waals surface area contributed by atoms with Crippen molar-refractivity contribution in [2.75, 3.05) is 13.2 Å². The Morgan fingerprint density at radius 3 is 2.39 bits per heavy atom. The van der Waals surface area contributed by atoms with Gasteiger partial charge in [0.25, 0.3) is 0 Å². The highest BCUT2D eigenvalue weighted by molar-refractivity contribution is 5.79. The minimum absolute atomic E-state index is 0.0193. The number of allylic oxidation sites excluding steroid dienone is 1. The summed E-state index contributed by atoms with van der Waals surface area (Å²) in [5.41, 5.74) is 0.418. The number of ether oxygens (including phenoxy) is 3. The molecule has 1 heterocycles. The van der Waals surface area contributed by atoms with Crippen molar-refractivity contribution in [1.82, 2.24) is 10.2 Å². The Hall–Kier alpha value is -2.38. The Morgan fingerprint density at radius 1 is 1.15 bits per heavy atom. The highest BCUT2D eigenvalue weighted by Gasteiger charge is 2.53. The second kappa shape index (κ2) is 15.2. The number of nitrogens with one attached hydrogen (secondary N) is 1. The monoisotopic (exact) mass is 572 g/mol. The molecule has 1 aliphatic heterocycles. The summed E-state index contributed by atoms with van der Waals surface area (Å²) in [6, 6.07) is 9.89. The summed E-state index contributed by atoms with van der Waals surface area (Å²) in [4.78, 5) is 28.6. The van der Waals surface area contributed by atoms with Crippen molar-refractivity contribution in [3.8, 4) is 0 Å². The normalized spacial score (nSPS) is 19.6. The SMILES string of the molecule is C=C(C)C[C@H](C[C@@H]1OC(C)(C)N(C(=O)OC(C)(C)C)[C@H]1CC(C)(C)CCOCc1ccccc1)C(=O)NCCCC. The van der Waals surface area contributed by atoms with E-state index in [9.17, 15) is 9.59 Å². The van der Waals surface area contributed by atoms with Gasteiger partial charge in [0, 0.05) is 19.1 Å². The first kappa shape index (κ1) is 34.8. The lowest BCUT2D eigenvalue weighted by molar-refractivity contribution is -0.127. The Kier molecular flexibility index (Phi) is 12.9. The van der Waals surface area contributed by atoms with Gasteiger partial charge in [0.1, 0.15) is 11.3 Å². The van der Waals surface area contributed by atoms with Gasteiger partial charge < -0.3 is 19.5 Å². The molecule has 1 aliphatic rings. The van der Waals surface area contributed by atoms with Crippen molar-refractivity contribution < 1.29 is 23.8 Å². The third kappa shape index (κ3) is 11.8. The molecule has 1 aromatic carbocycles. The van der Waals surface area contributed by atoms with Crippen LogP contribution in [0.1, 0.15) is 106 Å². The van der Waals surface area contributed by atoms with Crippen LogP contribution in [0.4, 0.5) is 4.79 Å². The van der Waals surface area contributed by atoms with Crippen LogP contribution >= 0.6 is 0 Å². The third-order valence-corrected chi connectivity index (χ3v) is 7.48. The number of nitrogens with zero attached hydrogens (tertiary/aromatic N) is 1. The Balaban J connectivity index is 2.26. The molecular formula is C34H56N2O5. The first-order valence-electron chi connectivity index (χ1n) is 15.3. The Bertz CT molecular complexity index is 983. The summed E-state index contributed by atoms with van der Waals surface area (Å²) in [6.45, 7) is 23.8. The molecule has 3 atom stereocenters. The predicted molar refractivity (Wildman–Crippen MR) is 165 cm³/mol. The molecule has 0 radical (unpaired) electrons. The number of amides is 2. The van der Waals surface area contributed by atoms with E-state index in [2.05, 4.69) is 44.8 Å². The minimum Gasteiger partial charge on any atom is -0.444 e. The van der Waals surface area contributed by atoms with Crippen molar-refractivity contribution in [1.29, 1.82) is 0 Å². The summed E-state index contributed by atoms with van der Waals surface area (Å²) in [6.07, 6.45) is 3.81. The van der Waals surface area contributed by atoms with Gasteiger partial charge in [-0.05, 0) is 84.6 Å². The molecular weight excluding hydrogens is 516 g/mol. The van der Waals surface area contributed by atoms with Gasteiger partial charge in [0.15, 0.2) is 0 Å². The van der Waals surface area contributed by atoms with E-state index in [4.69, 9.17) is 14.2 Å². The van der Waals surface area contributed by atoms with E-state index in [-0.39, 0.29) is 29.4 Å². The summed E-state index contributed by atoms with van der Waals surface area (Å²) in [5, 5.41) is 3.10. The van der Waals surface area contributed by atoms with Crippen LogP contribution in [0.2, 0.25) is 0 Å². The molecule has 1 saturated heterocycles. The van der Waals surface area contributed by atoms with E-state index >= 15 is 0 Å². The van der Waals surface area contributed by atoms with Crippen LogP contribution in [-0.2, 0) is 25.6 Å². The molecule has 0 saturated carbocycles. The maximum Gasteiger partial charge on any atom is 0.412 e. The van der Waals surface area contributed by atoms with Crippen molar-refractivity contribution in [3.63, 3.8) is 0 Å². The fourth-order valence-corrected chi connectivity index (χ4v) is 5.46. The van der Waals surface area contributed by atoms with E-state index in [0.29, 0.717) is 39.0 Å². The lowest BCUT2D eigenvalue weighted by Gasteiger charge is -2.38. The van der Waals surface area contributed by atoms with Gasteiger partial charge >= 0.3 is 6.09 Å². The highest BCUT2D eigenvalue weighted by Crippen LogP contribution is 2.42. The summed E-state index contributed by atoms with van der Waals surface area (Å²) in [5.74, 6) is -0.269. The van der Waals surface area contributed by atoms with Crippen molar-refractivity contribution in [3.05, 3.63) is 48.0 Å². The van der Waals surface area contributed by atoms with Gasteiger partial charge in [-0.25, -0.2) is 4.79 Å². The number of carbonyl (C=O) groups excluding carboxylic acids is 2. The second-order valence-corrected chi connectivity index (χ2v) is 13.9. The smallest absolute Gasteiger partial charge is 0.412 e. The zero-order chi connectivity index (χ0) is 30.8. The fraction of sp³-hybridized carbons (Fsp3) is 0.706. The van der Waals surface area contributed by atoms with Crippen LogP contribution in [0.25, 0.3) is 0 Å². The zero-order valence-corrected chi connectivity index (χ0v) is 27.2. The van der Waals surface area contributed by atoms with Gasteiger partial charge in [-0.2, -0.15) is 0 Å². The molecule has 7 nitrogen and oxygen atoms in total. The maximum atomic E-state index is 13.6. The van der Waals surface area contributed by atoms with Crippen LogP contribution in [0.5, 0.6) is 0 Å². The van der Waals surface area contributed by atoms with E-state index in [1.165, 1.54) is 0 Å². The van der Waals surface area contributed by atoms with Crippen LogP contribution in [0.15, 0.2) is 42.5 Å². The minimum atomic E-state index is -0.885. The molecule has 2 amide bonds. The van der Waals surface area contributed by atoms with E-state index in [1.807, 2.05) is 59.7 Å². The molecule has 0 aromatic heterocycles. The second-order valence-electron chi connectivity index (χ2n) is 13.9. The molecule has 1 aromatic rings. The first-order chi connectivity index (χ1) is 19.0. The number of unbranched alkanes of at least 4 members (excludes halogenated alkanes) is 1. The van der Waals surface area contributed by atoms with Crippen LogP contribution in [-0.4, -0.2) is 53.5 Å². The summed E-state index contributed by atoms with van der Waals surface area (Å²) >= 11 is 0. The van der Waals surface area contributed by atoms with Gasteiger partial charge in [0.2, 0.25) is 5.91 Å². The average molecular weight is 573 g/mol. The topological polar surface area (TPSA) is 77.1 Å². The lowest BCUT2D eigenvalue weighted by Crippen LogP contribution is -2.51. The number of benzene rings is 1. The van der Waals surface area contributed by atoms with Gasteiger partial charge in [0.05, 0.1) is 18.8 Å². The number of hydrogen-bond donors (Lipinski definition) is 1. The van der Waals surface area contributed by atoms with Gasteiger partial charge in [-0.3, -0.25) is 9.69 Å². The molecule has 7 heteroatoms. The van der Waals surface area contributed by atoms with Crippen LogP contribution in [0.3, 0.4) is 0 Å². The average Bonchev–Trinajstić information content (AvgIpc) is 3.09.